The fourth-order valence-electron chi connectivity index (χ4n) is 3.00. The first kappa shape index (κ1) is 18.6. The quantitative estimate of drug-likeness (QED) is 0.519. The summed E-state index contributed by atoms with van der Waals surface area (Å²) >= 11 is 3.59. The summed E-state index contributed by atoms with van der Waals surface area (Å²) in [7, 11) is 0. The molecule has 0 saturated carbocycles. The Morgan fingerprint density at radius 3 is 2.96 bits per heavy atom. The first-order valence-electron chi connectivity index (χ1n) is 9.08. The molecule has 0 saturated heterocycles. The van der Waals surface area contributed by atoms with Crippen LogP contribution >= 0.6 is 15.9 Å². The normalized spacial score (nSPS) is 11.2. The van der Waals surface area contributed by atoms with E-state index in [0.717, 1.165) is 40.8 Å². The number of unbranched alkanes of at least 4 members (excludes halogenated alkanes) is 3. The Morgan fingerprint density at radius 2 is 2.12 bits per heavy atom. The van der Waals surface area contributed by atoms with Crippen LogP contribution in [0.1, 0.15) is 43.9 Å². The van der Waals surface area contributed by atoms with E-state index in [1.807, 2.05) is 24.4 Å². The van der Waals surface area contributed by atoms with Crippen molar-refractivity contribution in [3.8, 4) is 0 Å². The minimum absolute atomic E-state index is 0.0220. The zero-order chi connectivity index (χ0) is 18.4. The Labute approximate surface area is 161 Å². The van der Waals surface area contributed by atoms with E-state index in [1.54, 1.807) is 4.68 Å². The Balaban J connectivity index is 1.56. The molecule has 0 bridgehead atoms. The number of amides is 1. The number of nitrogens with zero attached hydrogens (tertiary/aromatic N) is 3. The number of fused-ring (bicyclic) bond motifs is 1. The second-order valence-electron chi connectivity index (χ2n) is 6.46. The Bertz CT molecular complexity index is 870. The van der Waals surface area contributed by atoms with E-state index in [-0.39, 0.29) is 12.5 Å². The van der Waals surface area contributed by atoms with Gasteiger partial charge in [-0.15, -0.1) is 5.10 Å². The lowest BCUT2D eigenvalue weighted by atomic mass is 10.1. The second kappa shape index (κ2) is 8.98. The number of rotatable bonds is 9. The van der Waals surface area contributed by atoms with Crippen LogP contribution in [0.15, 0.2) is 35.1 Å². The monoisotopic (exact) mass is 417 g/mol. The fourth-order valence-corrected chi connectivity index (χ4v) is 3.57. The molecule has 0 aliphatic heterocycles. The topological polar surface area (TPSA) is 75.6 Å². The van der Waals surface area contributed by atoms with Crippen LogP contribution in [-0.4, -0.2) is 32.4 Å². The second-order valence-corrected chi connectivity index (χ2v) is 7.25. The minimum Gasteiger partial charge on any atom is -0.354 e. The highest BCUT2D eigenvalue weighted by atomic mass is 79.9. The van der Waals surface area contributed by atoms with Crippen molar-refractivity contribution in [3.05, 3.63) is 46.3 Å². The number of H-pyrrole nitrogens is 1. The molecule has 0 atom stereocenters. The molecule has 138 valence electrons. The summed E-state index contributed by atoms with van der Waals surface area (Å²) < 4.78 is 2.55. The fraction of sp³-hybridized carbons (Fsp3) is 0.421. The number of hydrogen-bond acceptors (Lipinski definition) is 3. The lowest BCUT2D eigenvalue weighted by Gasteiger charge is -2.04. The lowest BCUT2D eigenvalue weighted by Crippen LogP contribution is -2.28. The zero-order valence-corrected chi connectivity index (χ0v) is 16.6. The van der Waals surface area contributed by atoms with Crippen LogP contribution in [0.5, 0.6) is 0 Å². The molecule has 0 aliphatic carbocycles. The molecule has 0 unspecified atom stereocenters. The van der Waals surface area contributed by atoms with Gasteiger partial charge in [0.1, 0.15) is 6.54 Å². The molecule has 26 heavy (non-hydrogen) atoms. The third-order valence-corrected chi connectivity index (χ3v) is 5.04. The lowest BCUT2D eigenvalue weighted by molar-refractivity contribution is -0.121. The molecule has 0 aliphatic rings. The maximum absolute atomic E-state index is 12.0. The summed E-state index contributed by atoms with van der Waals surface area (Å²) in [5.41, 5.74) is 3.07. The molecule has 1 aromatic carbocycles. The van der Waals surface area contributed by atoms with Crippen molar-refractivity contribution in [2.24, 2.45) is 0 Å². The molecular weight excluding hydrogens is 394 g/mol. The van der Waals surface area contributed by atoms with E-state index in [0.29, 0.717) is 6.42 Å². The summed E-state index contributed by atoms with van der Waals surface area (Å²) in [5, 5.41) is 12.4. The van der Waals surface area contributed by atoms with Crippen LogP contribution in [0.3, 0.4) is 0 Å². The number of para-hydroxylation sites is 1. The van der Waals surface area contributed by atoms with Crippen molar-refractivity contribution in [2.45, 2.75) is 45.6 Å². The van der Waals surface area contributed by atoms with Gasteiger partial charge in [0.25, 0.3) is 0 Å². The highest BCUT2D eigenvalue weighted by molar-refractivity contribution is 9.10. The largest absolute Gasteiger partial charge is 0.354 e. The first-order chi connectivity index (χ1) is 12.7. The van der Waals surface area contributed by atoms with E-state index >= 15 is 0 Å². The smallest absolute Gasteiger partial charge is 0.241 e. The van der Waals surface area contributed by atoms with E-state index in [1.165, 1.54) is 18.2 Å². The van der Waals surface area contributed by atoms with Gasteiger partial charge in [0.15, 0.2) is 0 Å². The molecule has 1 amide bonds. The van der Waals surface area contributed by atoms with Gasteiger partial charge in [-0.05, 0) is 34.0 Å². The van der Waals surface area contributed by atoms with E-state index < -0.39 is 0 Å². The number of halogens is 1. The maximum atomic E-state index is 12.0. The van der Waals surface area contributed by atoms with Crippen molar-refractivity contribution in [3.63, 3.8) is 0 Å². The number of hydrogen-bond donors (Lipinski definition) is 2. The number of benzene rings is 1. The number of carbonyl (C=O) groups is 1. The molecule has 3 rings (SSSR count). The van der Waals surface area contributed by atoms with Crippen LogP contribution in [0.4, 0.5) is 0 Å². The van der Waals surface area contributed by atoms with E-state index in [2.05, 4.69) is 49.5 Å². The van der Waals surface area contributed by atoms with Crippen molar-refractivity contribution in [2.75, 3.05) is 6.54 Å². The summed E-state index contributed by atoms with van der Waals surface area (Å²) in [5.74, 6) is -0.0220. The molecule has 0 radical (unpaired) electrons. The van der Waals surface area contributed by atoms with Crippen molar-refractivity contribution in [1.82, 2.24) is 25.3 Å². The van der Waals surface area contributed by atoms with Gasteiger partial charge in [-0.3, -0.25) is 4.79 Å². The van der Waals surface area contributed by atoms with Crippen LogP contribution in [0.25, 0.3) is 10.9 Å². The van der Waals surface area contributed by atoms with Crippen molar-refractivity contribution < 1.29 is 4.79 Å². The average molecular weight is 418 g/mol. The summed E-state index contributed by atoms with van der Waals surface area (Å²) in [6, 6.07) is 8.16. The van der Waals surface area contributed by atoms with Gasteiger partial charge < -0.3 is 10.3 Å². The highest BCUT2D eigenvalue weighted by Gasteiger charge is 2.12. The van der Waals surface area contributed by atoms with Crippen molar-refractivity contribution in [1.29, 1.82) is 0 Å². The molecule has 0 fully saturated rings. The zero-order valence-electron chi connectivity index (χ0n) is 15.0. The van der Waals surface area contributed by atoms with Gasteiger partial charge in [-0.1, -0.05) is 49.6 Å². The standard InChI is InChI=1S/C19H24BrN5O/c1-2-3-4-7-10-21-18(26)13-25-12-14(23-24-25)11-16-15-8-5-6-9-17(15)22-19(16)20/h5-6,8-9,12,22H,2-4,7,10-11,13H2,1H3,(H,21,26). The Hall–Kier alpha value is -2.15. The summed E-state index contributed by atoms with van der Waals surface area (Å²) in [6.07, 6.45) is 7.09. The third-order valence-electron chi connectivity index (χ3n) is 4.36. The number of aromatic nitrogens is 4. The number of aromatic amines is 1. The van der Waals surface area contributed by atoms with Crippen LogP contribution < -0.4 is 5.32 Å². The Kier molecular flexibility index (Phi) is 6.44. The van der Waals surface area contributed by atoms with Gasteiger partial charge >= 0.3 is 0 Å². The van der Waals surface area contributed by atoms with Gasteiger partial charge in [0, 0.05) is 30.1 Å². The molecule has 7 heteroatoms. The van der Waals surface area contributed by atoms with E-state index in [9.17, 15) is 4.79 Å². The van der Waals surface area contributed by atoms with E-state index in [4.69, 9.17) is 0 Å². The highest BCUT2D eigenvalue weighted by Crippen LogP contribution is 2.28. The molecule has 2 aromatic heterocycles. The van der Waals surface area contributed by atoms with Gasteiger partial charge in [-0.25, -0.2) is 4.68 Å². The predicted octanol–water partition coefficient (Wildman–Crippen LogP) is 3.81. The maximum Gasteiger partial charge on any atom is 0.241 e. The van der Waals surface area contributed by atoms with Gasteiger partial charge in [-0.2, -0.15) is 0 Å². The predicted molar refractivity (Wildman–Crippen MR) is 106 cm³/mol. The molecule has 2 N–H and O–H groups in total. The SMILES string of the molecule is CCCCCCNC(=O)Cn1cc(Cc2c(Br)[nH]c3ccccc23)nn1. The van der Waals surface area contributed by atoms with Gasteiger partial charge in [0.2, 0.25) is 5.91 Å². The molecule has 3 aromatic rings. The molecule has 6 nitrogen and oxygen atoms in total. The first-order valence-corrected chi connectivity index (χ1v) is 9.87. The number of carbonyl (C=O) groups excluding carboxylic acids is 1. The molecule has 0 spiro atoms. The van der Waals surface area contributed by atoms with Crippen molar-refractivity contribution >= 4 is 32.7 Å². The summed E-state index contributed by atoms with van der Waals surface area (Å²) in [4.78, 5) is 15.3. The van der Waals surface area contributed by atoms with Crippen LogP contribution in [0, 0.1) is 0 Å². The molecule has 2 heterocycles. The van der Waals surface area contributed by atoms with Gasteiger partial charge in [0.05, 0.1) is 10.3 Å². The van der Waals surface area contributed by atoms with Crippen LogP contribution in [-0.2, 0) is 17.8 Å². The third kappa shape index (κ3) is 4.72. The average Bonchev–Trinajstić information content (AvgIpc) is 3.19. The Morgan fingerprint density at radius 1 is 1.27 bits per heavy atom. The minimum atomic E-state index is -0.0220. The number of nitrogens with one attached hydrogen (secondary N) is 2. The summed E-state index contributed by atoms with van der Waals surface area (Å²) in [6.45, 7) is 3.11. The molecular formula is C19H24BrN5O. The van der Waals surface area contributed by atoms with Crippen LogP contribution in [0.2, 0.25) is 0 Å².